The van der Waals surface area contributed by atoms with Crippen molar-refractivity contribution in [1.82, 2.24) is 0 Å². The van der Waals surface area contributed by atoms with E-state index in [-0.39, 0.29) is 5.91 Å². The molecule has 0 aromatic heterocycles. The lowest BCUT2D eigenvalue weighted by molar-refractivity contribution is -0.118. The Hall–Kier alpha value is -2.33. The van der Waals surface area contributed by atoms with Gasteiger partial charge in [0.25, 0.3) is 0 Å². The Kier molecular flexibility index (Phi) is 4.70. The van der Waals surface area contributed by atoms with Crippen molar-refractivity contribution in [2.24, 2.45) is 0 Å². The minimum absolute atomic E-state index is 0.224. The number of fused-ring (bicyclic) bond motifs is 1. The third kappa shape index (κ3) is 3.54. The molecule has 1 fully saturated rings. The number of benzene rings is 2. The molecule has 4 heteroatoms. The molecule has 2 aliphatic rings. The second kappa shape index (κ2) is 7.28. The van der Waals surface area contributed by atoms with Gasteiger partial charge in [-0.2, -0.15) is 0 Å². The van der Waals surface area contributed by atoms with Gasteiger partial charge in [-0.1, -0.05) is 36.4 Å². The molecule has 0 atom stereocenters. The lowest BCUT2D eigenvalue weighted by Crippen LogP contribution is -2.36. The van der Waals surface area contributed by atoms with Crippen LogP contribution in [0, 0.1) is 0 Å². The Morgan fingerprint density at radius 3 is 2.60 bits per heavy atom. The molecule has 25 heavy (non-hydrogen) atoms. The van der Waals surface area contributed by atoms with Crippen molar-refractivity contribution in [1.29, 1.82) is 0 Å². The Balaban J connectivity index is 1.47. The van der Waals surface area contributed by atoms with Crippen LogP contribution in [0.15, 0.2) is 48.5 Å². The topological polar surface area (TPSA) is 32.8 Å². The van der Waals surface area contributed by atoms with E-state index in [0.29, 0.717) is 6.42 Å². The van der Waals surface area contributed by atoms with Crippen LogP contribution in [0.25, 0.3) is 0 Å². The number of rotatable bonds is 4. The van der Waals surface area contributed by atoms with Crippen molar-refractivity contribution in [3.05, 3.63) is 59.7 Å². The van der Waals surface area contributed by atoms with Crippen LogP contribution in [-0.4, -0.2) is 38.8 Å². The maximum atomic E-state index is 12.8. The predicted molar refractivity (Wildman–Crippen MR) is 100 cm³/mol. The number of hydrogen-bond acceptors (Lipinski definition) is 3. The lowest BCUT2D eigenvalue weighted by atomic mass is 10.1. The highest BCUT2D eigenvalue weighted by molar-refractivity contribution is 5.96. The molecule has 2 heterocycles. The van der Waals surface area contributed by atoms with E-state index in [4.69, 9.17) is 4.74 Å². The maximum Gasteiger partial charge on any atom is 0.227 e. The zero-order valence-corrected chi connectivity index (χ0v) is 14.5. The number of anilines is 2. The Bertz CT molecular complexity index is 739. The molecule has 2 aliphatic heterocycles. The number of carbonyl (C=O) groups excluding carboxylic acids is 1. The highest BCUT2D eigenvalue weighted by Gasteiger charge is 2.25. The van der Waals surface area contributed by atoms with Crippen LogP contribution in [0.1, 0.15) is 17.5 Å². The van der Waals surface area contributed by atoms with Crippen molar-refractivity contribution in [3.8, 4) is 0 Å². The fraction of sp³-hybridized carbons (Fsp3) is 0.381. The van der Waals surface area contributed by atoms with Gasteiger partial charge in [0.05, 0.1) is 13.2 Å². The second-order valence-electron chi connectivity index (χ2n) is 6.69. The van der Waals surface area contributed by atoms with E-state index in [1.54, 1.807) is 0 Å². The molecule has 1 amide bonds. The number of hydrogen-bond donors (Lipinski definition) is 0. The normalized spacial score (nSPS) is 16.8. The molecule has 0 N–H and O–H groups in total. The van der Waals surface area contributed by atoms with E-state index in [2.05, 4.69) is 35.2 Å². The van der Waals surface area contributed by atoms with Crippen LogP contribution in [0.4, 0.5) is 11.4 Å². The van der Waals surface area contributed by atoms with E-state index in [0.717, 1.165) is 51.4 Å². The van der Waals surface area contributed by atoms with Crippen LogP contribution in [-0.2, 0) is 22.4 Å². The van der Waals surface area contributed by atoms with Gasteiger partial charge in [0.2, 0.25) is 5.91 Å². The quantitative estimate of drug-likeness (QED) is 0.860. The number of amides is 1. The lowest BCUT2D eigenvalue weighted by Gasteiger charge is -2.29. The van der Waals surface area contributed by atoms with Gasteiger partial charge in [-0.25, -0.2) is 0 Å². The third-order valence-corrected chi connectivity index (χ3v) is 5.11. The minimum Gasteiger partial charge on any atom is -0.378 e. The largest absolute Gasteiger partial charge is 0.378 e. The van der Waals surface area contributed by atoms with Crippen LogP contribution >= 0.6 is 0 Å². The fourth-order valence-electron chi connectivity index (χ4n) is 3.68. The van der Waals surface area contributed by atoms with Gasteiger partial charge in [0.15, 0.2) is 0 Å². The van der Waals surface area contributed by atoms with Gasteiger partial charge < -0.3 is 14.5 Å². The van der Waals surface area contributed by atoms with E-state index in [1.165, 1.54) is 16.8 Å². The molecule has 0 saturated carbocycles. The van der Waals surface area contributed by atoms with Gasteiger partial charge in [-0.15, -0.1) is 0 Å². The molecule has 4 nitrogen and oxygen atoms in total. The number of morpholine rings is 1. The molecule has 0 spiro atoms. The number of nitrogens with zero attached hydrogens (tertiary/aromatic N) is 2. The van der Waals surface area contributed by atoms with Gasteiger partial charge in [-0.3, -0.25) is 4.79 Å². The molecule has 2 aromatic carbocycles. The first kappa shape index (κ1) is 16.2. The van der Waals surface area contributed by atoms with Gasteiger partial charge >= 0.3 is 0 Å². The summed E-state index contributed by atoms with van der Waals surface area (Å²) in [5, 5.41) is 0. The Morgan fingerprint density at radius 2 is 1.80 bits per heavy atom. The summed E-state index contributed by atoms with van der Waals surface area (Å²) in [6.45, 7) is 4.19. The number of ether oxygens (including phenoxy) is 1. The van der Waals surface area contributed by atoms with E-state index in [1.807, 2.05) is 23.1 Å². The fourth-order valence-corrected chi connectivity index (χ4v) is 3.68. The van der Waals surface area contributed by atoms with Gasteiger partial charge in [0, 0.05) is 37.4 Å². The molecule has 0 aliphatic carbocycles. The Morgan fingerprint density at radius 1 is 1.00 bits per heavy atom. The average Bonchev–Trinajstić information content (AvgIpc) is 3.11. The van der Waals surface area contributed by atoms with Crippen molar-refractivity contribution in [3.63, 3.8) is 0 Å². The van der Waals surface area contributed by atoms with Crippen molar-refractivity contribution < 1.29 is 9.53 Å². The van der Waals surface area contributed by atoms with Crippen LogP contribution in [0.2, 0.25) is 0 Å². The summed E-state index contributed by atoms with van der Waals surface area (Å²) in [4.78, 5) is 17.1. The maximum absolute atomic E-state index is 12.8. The molecule has 2 aromatic rings. The second-order valence-corrected chi connectivity index (χ2v) is 6.69. The molecule has 0 radical (unpaired) electrons. The van der Waals surface area contributed by atoms with Gasteiger partial charge in [0.1, 0.15) is 0 Å². The highest BCUT2D eigenvalue weighted by Crippen LogP contribution is 2.33. The molecule has 1 saturated heterocycles. The average molecular weight is 336 g/mol. The monoisotopic (exact) mass is 336 g/mol. The predicted octanol–water partition coefficient (Wildman–Crippen LogP) is 3.05. The molecule has 4 rings (SSSR count). The molecule has 0 bridgehead atoms. The first-order chi connectivity index (χ1) is 12.3. The summed E-state index contributed by atoms with van der Waals surface area (Å²) in [5.74, 6) is 0.224. The summed E-state index contributed by atoms with van der Waals surface area (Å²) in [5.41, 5.74) is 4.80. The van der Waals surface area contributed by atoms with Crippen LogP contribution in [0.5, 0.6) is 0 Å². The van der Waals surface area contributed by atoms with Crippen molar-refractivity contribution in [2.45, 2.75) is 19.3 Å². The van der Waals surface area contributed by atoms with Gasteiger partial charge in [-0.05, 0) is 36.1 Å². The summed E-state index contributed by atoms with van der Waals surface area (Å²) >= 11 is 0. The minimum atomic E-state index is 0.224. The Labute approximate surface area is 149 Å². The van der Waals surface area contributed by atoms with E-state index < -0.39 is 0 Å². The first-order valence-corrected chi connectivity index (χ1v) is 9.11. The summed E-state index contributed by atoms with van der Waals surface area (Å²) in [7, 11) is 0. The van der Waals surface area contributed by atoms with Crippen LogP contribution in [0.3, 0.4) is 0 Å². The van der Waals surface area contributed by atoms with Crippen molar-refractivity contribution >= 4 is 17.3 Å². The summed E-state index contributed by atoms with van der Waals surface area (Å²) < 4.78 is 5.44. The summed E-state index contributed by atoms with van der Waals surface area (Å²) in [6, 6.07) is 16.8. The molecular weight excluding hydrogens is 312 g/mol. The molecule has 130 valence electrons. The van der Waals surface area contributed by atoms with E-state index in [9.17, 15) is 4.79 Å². The summed E-state index contributed by atoms with van der Waals surface area (Å²) in [6.07, 6.45) is 2.32. The number of aryl methyl sites for hydroxylation is 1. The molecular formula is C21H24N2O2. The van der Waals surface area contributed by atoms with Crippen LogP contribution < -0.4 is 9.80 Å². The first-order valence-electron chi connectivity index (χ1n) is 9.11. The number of carbonyl (C=O) groups is 1. The SMILES string of the molecule is O=C(CCc1ccccc1)N1CCc2ccc(N3CCOCC3)cc21. The highest BCUT2D eigenvalue weighted by atomic mass is 16.5. The zero-order valence-electron chi connectivity index (χ0n) is 14.5. The zero-order chi connectivity index (χ0) is 17.1. The van der Waals surface area contributed by atoms with E-state index >= 15 is 0 Å². The molecule has 0 unspecified atom stereocenters. The third-order valence-electron chi connectivity index (χ3n) is 5.11. The van der Waals surface area contributed by atoms with Crippen molar-refractivity contribution in [2.75, 3.05) is 42.6 Å². The smallest absolute Gasteiger partial charge is 0.227 e. The standard InChI is InChI=1S/C21H24N2O2/c24-21(9-6-17-4-2-1-3-5-17)23-11-10-18-7-8-19(16-20(18)23)22-12-14-25-15-13-22/h1-5,7-8,16H,6,9-15H2.